The van der Waals surface area contributed by atoms with E-state index < -0.39 is 0 Å². The van der Waals surface area contributed by atoms with E-state index in [4.69, 9.17) is 10.2 Å². The number of carbonyl (C=O) groups excluding carboxylic acids is 1. The second kappa shape index (κ2) is 8.01. The van der Waals surface area contributed by atoms with Gasteiger partial charge in [-0.25, -0.2) is 0 Å². The van der Waals surface area contributed by atoms with Crippen LogP contribution in [0.4, 0.5) is 0 Å². The molecule has 4 nitrogen and oxygen atoms in total. The number of hydrogen-bond acceptors (Lipinski definition) is 3. The molecule has 0 spiro atoms. The number of carbonyl (C=O) groups is 1. The molecule has 2 rings (SSSR count). The lowest BCUT2D eigenvalue weighted by molar-refractivity contribution is 0.0925. The highest BCUT2D eigenvalue weighted by molar-refractivity contribution is 5.94. The van der Waals surface area contributed by atoms with Gasteiger partial charge in [0.15, 0.2) is 0 Å². The molecule has 0 aliphatic rings. The maximum Gasteiger partial charge on any atom is 0.255 e. The summed E-state index contributed by atoms with van der Waals surface area (Å²) in [6.07, 6.45) is 1.45. The molecular weight excluding hydrogens is 300 g/mol. The predicted octanol–water partition coefficient (Wildman–Crippen LogP) is 3.60. The molecule has 0 saturated carbocycles. The molecule has 1 aromatic heterocycles. The second-order valence-corrected chi connectivity index (χ2v) is 5.56. The number of nitrogens with one attached hydrogen (secondary N) is 1. The highest BCUT2D eigenvalue weighted by atomic mass is 35.5. The zero-order valence-electron chi connectivity index (χ0n) is 13.1. The minimum Gasteiger partial charge on any atom is -0.467 e. The Labute approximate surface area is 137 Å². The van der Waals surface area contributed by atoms with Gasteiger partial charge in [-0.3, -0.25) is 4.79 Å². The van der Waals surface area contributed by atoms with E-state index in [2.05, 4.69) is 38.2 Å². The predicted molar refractivity (Wildman–Crippen MR) is 90.1 cm³/mol. The smallest absolute Gasteiger partial charge is 0.255 e. The molecule has 0 bridgehead atoms. The fourth-order valence-electron chi connectivity index (χ4n) is 2.37. The molecule has 120 valence electrons. The molecule has 0 aliphatic carbocycles. The quantitative estimate of drug-likeness (QED) is 0.883. The number of halogens is 1. The number of rotatable bonds is 5. The number of furan rings is 1. The van der Waals surface area contributed by atoms with E-state index in [1.54, 1.807) is 6.07 Å². The van der Waals surface area contributed by atoms with Crippen molar-refractivity contribution in [2.45, 2.75) is 33.4 Å². The second-order valence-electron chi connectivity index (χ2n) is 5.56. The molecule has 0 fully saturated rings. The first-order chi connectivity index (χ1) is 10.0. The van der Waals surface area contributed by atoms with Crippen LogP contribution in [0.3, 0.4) is 0 Å². The summed E-state index contributed by atoms with van der Waals surface area (Å²) >= 11 is 0. The Hall–Kier alpha value is -1.78. The van der Waals surface area contributed by atoms with Crippen molar-refractivity contribution in [1.29, 1.82) is 0 Å². The molecule has 22 heavy (non-hydrogen) atoms. The summed E-state index contributed by atoms with van der Waals surface area (Å²) in [5, 5.41) is 3.09. The van der Waals surface area contributed by atoms with Gasteiger partial charge in [0, 0.05) is 0 Å². The summed E-state index contributed by atoms with van der Waals surface area (Å²) in [5.74, 6) is 0.758. The van der Waals surface area contributed by atoms with Crippen LogP contribution in [0.25, 0.3) is 0 Å². The summed E-state index contributed by atoms with van der Waals surface area (Å²) in [6.45, 7) is 6.54. The van der Waals surface area contributed by atoms with Crippen LogP contribution in [0.15, 0.2) is 41.0 Å². The fraction of sp³-hybridized carbons (Fsp3) is 0.353. The van der Waals surface area contributed by atoms with Gasteiger partial charge in [0.25, 0.3) is 5.91 Å². The van der Waals surface area contributed by atoms with E-state index in [0.717, 1.165) is 5.56 Å². The fourth-order valence-corrected chi connectivity index (χ4v) is 2.37. The number of amides is 1. The summed E-state index contributed by atoms with van der Waals surface area (Å²) < 4.78 is 5.22. The number of benzene rings is 1. The third-order valence-electron chi connectivity index (χ3n) is 3.59. The van der Waals surface area contributed by atoms with Gasteiger partial charge in [-0.2, -0.15) is 0 Å². The molecule has 1 unspecified atom stereocenters. The Balaban J connectivity index is 0.00000242. The summed E-state index contributed by atoms with van der Waals surface area (Å²) in [4.78, 5) is 12.4. The van der Waals surface area contributed by atoms with Crippen molar-refractivity contribution >= 4 is 18.3 Å². The van der Waals surface area contributed by atoms with Gasteiger partial charge in [0.05, 0.1) is 18.2 Å². The van der Waals surface area contributed by atoms with Gasteiger partial charge in [-0.1, -0.05) is 38.1 Å². The minimum atomic E-state index is -0.139. The summed E-state index contributed by atoms with van der Waals surface area (Å²) in [5.41, 5.74) is 8.32. The molecule has 0 saturated heterocycles. The first kappa shape index (κ1) is 18.3. The van der Waals surface area contributed by atoms with Gasteiger partial charge >= 0.3 is 0 Å². The SMILES string of the molecule is Cc1ccccc1C(NC(=O)c1coc(CN)c1)C(C)C.Cl. The Morgan fingerprint density at radius 2 is 2.00 bits per heavy atom. The first-order valence-electron chi connectivity index (χ1n) is 7.16. The standard InChI is InChI=1S/C17H22N2O2.ClH/c1-11(2)16(15-7-5-4-6-12(15)3)19-17(20)13-8-14(9-18)21-10-13;/h4-8,10-11,16H,9,18H2,1-3H3,(H,19,20);1H. The summed E-state index contributed by atoms with van der Waals surface area (Å²) in [6, 6.07) is 9.76. The van der Waals surface area contributed by atoms with Crippen LogP contribution in [0.5, 0.6) is 0 Å². The van der Waals surface area contributed by atoms with E-state index in [9.17, 15) is 4.79 Å². The van der Waals surface area contributed by atoms with Crippen LogP contribution in [-0.2, 0) is 6.54 Å². The Morgan fingerprint density at radius 3 is 2.55 bits per heavy atom. The van der Waals surface area contributed by atoms with Crippen LogP contribution in [0, 0.1) is 12.8 Å². The zero-order valence-corrected chi connectivity index (χ0v) is 13.9. The first-order valence-corrected chi connectivity index (χ1v) is 7.16. The van der Waals surface area contributed by atoms with Crippen LogP contribution in [0.2, 0.25) is 0 Å². The van der Waals surface area contributed by atoms with Crippen LogP contribution < -0.4 is 11.1 Å². The van der Waals surface area contributed by atoms with Crippen molar-refractivity contribution in [1.82, 2.24) is 5.32 Å². The molecule has 1 amide bonds. The Bertz CT molecular complexity index is 623. The molecule has 5 heteroatoms. The van der Waals surface area contributed by atoms with Crippen LogP contribution >= 0.6 is 12.4 Å². The molecule has 1 atom stereocenters. The van der Waals surface area contributed by atoms with Gasteiger partial charge < -0.3 is 15.5 Å². The van der Waals surface area contributed by atoms with Crippen molar-refractivity contribution < 1.29 is 9.21 Å². The van der Waals surface area contributed by atoms with E-state index >= 15 is 0 Å². The van der Waals surface area contributed by atoms with Gasteiger partial charge in [0.1, 0.15) is 12.0 Å². The topological polar surface area (TPSA) is 68.3 Å². The number of nitrogens with two attached hydrogens (primary N) is 1. The van der Waals surface area contributed by atoms with Crippen LogP contribution in [-0.4, -0.2) is 5.91 Å². The normalized spacial score (nSPS) is 11.9. The maximum absolute atomic E-state index is 12.4. The number of hydrogen-bond donors (Lipinski definition) is 2. The van der Waals surface area contributed by atoms with E-state index in [1.165, 1.54) is 11.8 Å². The van der Waals surface area contributed by atoms with Gasteiger partial charge in [-0.05, 0) is 30.0 Å². The molecule has 0 aliphatic heterocycles. The van der Waals surface area contributed by atoms with Crippen molar-refractivity contribution in [3.05, 3.63) is 59.0 Å². The maximum atomic E-state index is 12.4. The average molecular weight is 323 g/mol. The Morgan fingerprint density at radius 1 is 1.32 bits per heavy atom. The molecule has 0 radical (unpaired) electrons. The van der Waals surface area contributed by atoms with Gasteiger partial charge in [-0.15, -0.1) is 12.4 Å². The highest BCUT2D eigenvalue weighted by Gasteiger charge is 2.21. The molecular formula is C17H23ClN2O2. The van der Waals surface area contributed by atoms with Crippen molar-refractivity contribution in [2.24, 2.45) is 11.7 Å². The lowest BCUT2D eigenvalue weighted by Gasteiger charge is -2.24. The molecule has 1 aromatic carbocycles. The minimum absolute atomic E-state index is 0. The Kier molecular flexibility index (Phi) is 6.65. The van der Waals surface area contributed by atoms with E-state index in [-0.39, 0.29) is 30.3 Å². The van der Waals surface area contributed by atoms with Crippen molar-refractivity contribution in [3.8, 4) is 0 Å². The van der Waals surface area contributed by atoms with Gasteiger partial charge in [0.2, 0.25) is 0 Å². The third-order valence-corrected chi connectivity index (χ3v) is 3.59. The van der Waals surface area contributed by atoms with Crippen molar-refractivity contribution in [3.63, 3.8) is 0 Å². The molecule has 2 aromatic rings. The zero-order chi connectivity index (χ0) is 15.4. The highest BCUT2D eigenvalue weighted by Crippen LogP contribution is 2.25. The lowest BCUT2D eigenvalue weighted by atomic mass is 9.92. The van der Waals surface area contributed by atoms with Crippen molar-refractivity contribution in [2.75, 3.05) is 0 Å². The summed E-state index contributed by atoms with van der Waals surface area (Å²) in [7, 11) is 0. The molecule has 3 N–H and O–H groups in total. The average Bonchev–Trinajstić information content (AvgIpc) is 2.94. The molecule has 1 heterocycles. The van der Waals surface area contributed by atoms with E-state index in [0.29, 0.717) is 17.9 Å². The van der Waals surface area contributed by atoms with Crippen LogP contribution in [0.1, 0.15) is 47.1 Å². The lowest BCUT2D eigenvalue weighted by Crippen LogP contribution is -2.32. The monoisotopic (exact) mass is 322 g/mol. The number of aryl methyl sites for hydroxylation is 1. The largest absolute Gasteiger partial charge is 0.467 e. The van der Waals surface area contributed by atoms with E-state index in [1.807, 2.05) is 12.1 Å². The third kappa shape index (κ3) is 4.12.